The number of hydrogen-bond donors (Lipinski definition) is 1. The van der Waals surface area contributed by atoms with E-state index in [0.29, 0.717) is 5.92 Å². The first-order chi connectivity index (χ1) is 13.8. The van der Waals surface area contributed by atoms with E-state index in [9.17, 15) is 4.79 Å². The summed E-state index contributed by atoms with van der Waals surface area (Å²) < 4.78 is 0. The van der Waals surface area contributed by atoms with Crippen LogP contribution in [0.3, 0.4) is 0 Å². The van der Waals surface area contributed by atoms with E-state index >= 15 is 0 Å². The number of rotatable bonds is 5. The van der Waals surface area contributed by atoms with E-state index in [0.717, 1.165) is 52.8 Å². The SMILES string of the molecule is CNCC1CCCN(C(=O)c2sc(-c3ccccc3)nc2-c2ccccc2)C1. The summed E-state index contributed by atoms with van der Waals surface area (Å²) in [6.45, 7) is 2.59. The molecule has 1 fully saturated rings. The van der Waals surface area contributed by atoms with Crippen molar-refractivity contribution in [3.05, 3.63) is 65.5 Å². The Morgan fingerprint density at radius 1 is 1.11 bits per heavy atom. The van der Waals surface area contributed by atoms with Crippen molar-refractivity contribution in [1.29, 1.82) is 0 Å². The monoisotopic (exact) mass is 391 g/mol. The molecular weight excluding hydrogens is 366 g/mol. The van der Waals surface area contributed by atoms with Gasteiger partial charge in [-0.3, -0.25) is 4.79 Å². The fourth-order valence-corrected chi connectivity index (χ4v) is 4.87. The lowest BCUT2D eigenvalue weighted by atomic mass is 9.97. The van der Waals surface area contributed by atoms with E-state index < -0.39 is 0 Å². The van der Waals surface area contributed by atoms with Crippen molar-refractivity contribution in [3.63, 3.8) is 0 Å². The number of thiazole rings is 1. The van der Waals surface area contributed by atoms with Gasteiger partial charge in [0.25, 0.3) is 5.91 Å². The maximum Gasteiger partial charge on any atom is 0.266 e. The highest BCUT2D eigenvalue weighted by atomic mass is 32.1. The Morgan fingerprint density at radius 2 is 1.79 bits per heavy atom. The van der Waals surface area contributed by atoms with Crippen LogP contribution in [0.25, 0.3) is 21.8 Å². The first-order valence-corrected chi connectivity index (χ1v) is 10.6. The Bertz CT molecular complexity index is 922. The minimum Gasteiger partial charge on any atom is -0.338 e. The van der Waals surface area contributed by atoms with Gasteiger partial charge in [0.05, 0.1) is 5.69 Å². The summed E-state index contributed by atoms with van der Waals surface area (Å²) in [5, 5.41) is 4.15. The summed E-state index contributed by atoms with van der Waals surface area (Å²) in [7, 11) is 1.98. The lowest BCUT2D eigenvalue weighted by Gasteiger charge is -2.32. The normalized spacial score (nSPS) is 16.9. The van der Waals surface area contributed by atoms with E-state index in [4.69, 9.17) is 4.98 Å². The standard InChI is InChI=1S/C23H25N3OS/c1-24-15-17-9-8-14-26(16-17)23(27)21-20(18-10-4-2-5-11-18)25-22(28-21)19-12-6-3-7-13-19/h2-7,10-13,17,24H,8-9,14-16H2,1H3. The van der Waals surface area contributed by atoms with Crippen molar-refractivity contribution in [3.8, 4) is 21.8 Å². The number of piperidine rings is 1. The van der Waals surface area contributed by atoms with Crippen molar-refractivity contribution in [2.45, 2.75) is 12.8 Å². The third-order valence-electron chi connectivity index (χ3n) is 5.19. The van der Waals surface area contributed by atoms with Crippen LogP contribution in [0.2, 0.25) is 0 Å². The van der Waals surface area contributed by atoms with Gasteiger partial charge in [0.15, 0.2) is 0 Å². The first kappa shape index (κ1) is 18.8. The van der Waals surface area contributed by atoms with Crippen LogP contribution in [0, 0.1) is 5.92 Å². The Hall–Kier alpha value is -2.50. The molecule has 0 saturated carbocycles. The molecule has 1 atom stereocenters. The third kappa shape index (κ3) is 4.01. The summed E-state index contributed by atoms with van der Waals surface area (Å²) >= 11 is 1.51. The molecule has 2 aromatic carbocycles. The highest BCUT2D eigenvalue weighted by molar-refractivity contribution is 7.17. The number of likely N-dealkylation sites (tertiary alicyclic amines) is 1. The van der Waals surface area contributed by atoms with Gasteiger partial charge in [-0.15, -0.1) is 11.3 Å². The molecule has 1 saturated heterocycles. The van der Waals surface area contributed by atoms with Crippen molar-refractivity contribution < 1.29 is 4.79 Å². The van der Waals surface area contributed by atoms with E-state index in [1.807, 2.05) is 72.6 Å². The van der Waals surface area contributed by atoms with E-state index in [-0.39, 0.29) is 5.91 Å². The summed E-state index contributed by atoms with van der Waals surface area (Å²) in [4.78, 5) is 21.1. The Balaban J connectivity index is 1.70. The van der Waals surface area contributed by atoms with Crippen LogP contribution in [0.5, 0.6) is 0 Å². The molecule has 5 heteroatoms. The number of nitrogens with one attached hydrogen (secondary N) is 1. The molecule has 144 valence electrons. The summed E-state index contributed by atoms with van der Waals surface area (Å²) in [5.74, 6) is 0.628. The topological polar surface area (TPSA) is 45.2 Å². The smallest absolute Gasteiger partial charge is 0.266 e. The van der Waals surface area contributed by atoms with Crippen LogP contribution >= 0.6 is 11.3 Å². The lowest BCUT2D eigenvalue weighted by molar-refractivity contribution is 0.0679. The molecule has 28 heavy (non-hydrogen) atoms. The average Bonchev–Trinajstić information content (AvgIpc) is 3.20. The Kier molecular flexibility index (Phi) is 5.84. The second-order valence-electron chi connectivity index (χ2n) is 7.25. The number of carbonyl (C=O) groups is 1. The van der Waals surface area contributed by atoms with Gasteiger partial charge in [-0.1, -0.05) is 60.7 Å². The summed E-state index contributed by atoms with van der Waals surface area (Å²) in [6, 6.07) is 20.1. The van der Waals surface area contributed by atoms with Crippen LogP contribution in [-0.4, -0.2) is 42.5 Å². The predicted octanol–water partition coefficient (Wildman–Crippen LogP) is 4.55. The van der Waals surface area contributed by atoms with Crippen molar-refractivity contribution in [2.24, 2.45) is 5.92 Å². The molecular formula is C23H25N3OS. The third-order valence-corrected chi connectivity index (χ3v) is 6.28. The summed E-state index contributed by atoms with van der Waals surface area (Å²) in [5.41, 5.74) is 2.84. The zero-order valence-electron chi connectivity index (χ0n) is 16.1. The van der Waals surface area contributed by atoms with Crippen LogP contribution in [-0.2, 0) is 0 Å². The molecule has 1 aromatic heterocycles. The van der Waals surface area contributed by atoms with Gasteiger partial charge in [0.2, 0.25) is 0 Å². The minimum absolute atomic E-state index is 0.110. The molecule has 0 spiro atoms. The molecule has 1 unspecified atom stereocenters. The van der Waals surface area contributed by atoms with Crippen LogP contribution in [0.1, 0.15) is 22.5 Å². The van der Waals surface area contributed by atoms with Gasteiger partial charge in [0.1, 0.15) is 9.88 Å². The van der Waals surface area contributed by atoms with Crippen LogP contribution in [0.15, 0.2) is 60.7 Å². The van der Waals surface area contributed by atoms with Crippen LogP contribution < -0.4 is 5.32 Å². The first-order valence-electron chi connectivity index (χ1n) is 9.82. The van der Waals surface area contributed by atoms with Gasteiger partial charge < -0.3 is 10.2 Å². The number of aromatic nitrogens is 1. The molecule has 1 amide bonds. The molecule has 1 aliphatic heterocycles. The van der Waals surface area contributed by atoms with Gasteiger partial charge in [-0.05, 0) is 32.4 Å². The number of benzene rings is 2. The second kappa shape index (κ2) is 8.67. The summed E-state index contributed by atoms with van der Waals surface area (Å²) in [6.07, 6.45) is 2.23. The maximum absolute atomic E-state index is 13.5. The van der Waals surface area contributed by atoms with Gasteiger partial charge in [-0.25, -0.2) is 4.98 Å². The average molecular weight is 392 g/mol. The van der Waals surface area contributed by atoms with Crippen LogP contribution in [0.4, 0.5) is 0 Å². The molecule has 1 N–H and O–H groups in total. The molecule has 4 nitrogen and oxygen atoms in total. The maximum atomic E-state index is 13.5. The second-order valence-corrected chi connectivity index (χ2v) is 8.24. The largest absolute Gasteiger partial charge is 0.338 e. The Labute approximate surface area is 170 Å². The Morgan fingerprint density at radius 3 is 2.46 bits per heavy atom. The molecule has 4 rings (SSSR count). The zero-order valence-corrected chi connectivity index (χ0v) is 16.9. The van der Waals surface area contributed by atoms with E-state index in [1.54, 1.807) is 0 Å². The van der Waals surface area contributed by atoms with Gasteiger partial charge in [-0.2, -0.15) is 0 Å². The van der Waals surface area contributed by atoms with Gasteiger partial charge in [0, 0.05) is 24.2 Å². The molecule has 0 bridgehead atoms. The quantitative estimate of drug-likeness (QED) is 0.694. The van der Waals surface area contributed by atoms with Crippen molar-refractivity contribution in [2.75, 3.05) is 26.7 Å². The molecule has 3 aromatic rings. The number of carbonyl (C=O) groups excluding carboxylic acids is 1. The molecule has 2 heterocycles. The molecule has 1 aliphatic rings. The molecule has 0 aliphatic carbocycles. The number of nitrogens with zero attached hydrogens (tertiary/aromatic N) is 2. The highest BCUT2D eigenvalue weighted by Crippen LogP contribution is 2.35. The van der Waals surface area contributed by atoms with E-state index in [1.165, 1.54) is 17.8 Å². The fraction of sp³-hybridized carbons (Fsp3) is 0.304. The minimum atomic E-state index is 0.110. The van der Waals surface area contributed by atoms with Gasteiger partial charge >= 0.3 is 0 Å². The van der Waals surface area contributed by atoms with E-state index in [2.05, 4.69) is 5.32 Å². The lowest BCUT2D eigenvalue weighted by Crippen LogP contribution is -2.42. The number of amides is 1. The molecule has 0 radical (unpaired) electrons. The van der Waals surface area contributed by atoms with Crippen molar-refractivity contribution in [1.82, 2.24) is 15.2 Å². The fourth-order valence-electron chi connectivity index (χ4n) is 3.81. The number of hydrogen-bond acceptors (Lipinski definition) is 4. The predicted molar refractivity (Wildman–Crippen MR) is 116 cm³/mol. The van der Waals surface area contributed by atoms with Crippen molar-refractivity contribution >= 4 is 17.2 Å². The highest BCUT2D eigenvalue weighted by Gasteiger charge is 2.28. The zero-order chi connectivity index (χ0) is 19.3.